The van der Waals surface area contributed by atoms with Crippen molar-refractivity contribution in [1.82, 2.24) is 15.2 Å². The molecule has 114 valence electrons. The van der Waals surface area contributed by atoms with Crippen molar-refractivity contribution in [3.63, 3.8) is 0 Å². The standard InChI is InChI=1S/C14H12F2N4O2/c15-14(16)2-4-20(5-3-14)12-11-9(1-6-21-11)7-10(18-12)13-19-17-8-22-13/h1,6-8H,2-5H2. The number of pyridine rings is 1. The third kappa shape index (κ3) is 2.20. The minimum absolute atomic E-state index is 0.193. The van der Waals surface area contributed by atoms with Crippen LogP contribution in [-0.2, 0) is 0 Å². The van der Waals surface area contributed by atoms with Crippen LogP contribution in [0.5, 0.6) is 0 Å². The number of piperidine rings is 1. The Morgan fingerprint density at radius 2 is 2.00 bits per heavy atom. The first-order chi connectivity index (χ1) is 10.6. The minimum Gasteiger partial charge on any atom is -0.460 e. The van der Waals surface area contributed by atoms with Crippen LogP contribution in [0.3, 0.4) is 0 Å². The number of fused-ring (bicyclic) bond motifs is 1. The maximum absolute atomic E-state index is 13.3. The Hall–Kier alpha value is -2.51. The second-order valence-electron chi connectivity index (χ2n) is 5.26. The molecular weight excluding hydrogens is 294 g/mol. The lowest BCUT2D eigenvalue weighted by Gasteiger charge is -2.32. The van der Waals surface area contributed by atoms with Gasteiger partial charge in [0.15, 0.2) is 11.4 Å². The van der Waals surface area contributed by atoms with E-state index in [1.165, 1.54) is 6.39 Å². The van der Waals surface area contributed by atoms with E-state index in [4.69, 9.17) is 8.83 Å². The highest BCUT2D eigenvalue weighted by molar-refractivity contribution is 5.90. The van der Waals surface area contributed by atoms with E-state index in [1.54, 1.807) is 18.4 Å². The fraction of sp³-hybridized carbons (Fsp3) is 0.357. The summed E-state index contributed by atoms with van der Waals surface area (Å²) in [6.45, 7) is 0.451. The van der Waals surface area contributed by atoms with E-state index in [0.29, 0.717) is 17.1 Å². The van der Waals surface area contributed by atoms with E-state index in [0.717, 1.165) is 5.39 Å². The molecule has 0 radical (unpaired) electrons. The van der Waals surface area contributed by atoms with Gasteiger partial charge in [0.2, 0.25) is 6.39 Å². The Kier molecular flexibility index (Phi) is 2.85. The molecule has 1 aliphatic rings. The SMILES string of the molecule is FC1(F)CCN(c2nc(-c3nnco3)cc3ccoc23)CC1. The fourth-order valence-electron chi connectivity index (χ4n) is 2.61. The van der Waals surface area contributed by atoms with Crippen LogP contribution in [-0.4, -0.2) is 34.2 Å². The zero-order valence-corrected chi connectivity index (χ0v) is 11.5. The van der Waals surface area contributed by atoms with Gasteiger partial charge in [0, 0.05) is 31.3 Å². The zero-order chi connectivity index (χ0) is 15.2. The smallest absolute Gasteiger partial charge is 0.266 e. The maximum Gasteiger partial charge on any atom is 0.266 e. The summed E-state index contributed by atoms with van der Waals surface area (Å²) in [6.07, 6.45) is 2.38. The Morgan fingerprint density at radius 1 is 1.18 bits per heavy atom. The fourth-order valence-corrected chi connectivity index (χ4v) is 2.61. The number of aromatic nitrogens is 3. The molecule has 8 heteroatoms. The summed E-state index contributed by atoms with van der Waals surface area (Å²) >= 11 is 0. The third-order valence-electron chi connectivity index (χ3n) is 3.79. The molecule has 6 nitrogen and oxygen atoms in total. The van der Waals surface area contributed by atoms with Crippen LogP contribution in [0.1, 0.15) is 12.8 Å². The first kappa shape index (κ1) is 13.2. The monoisotopic (exact) mass is 306 g/mol. The summed E-state index contributed by atoms with van der Waals surface area (Å²) in [6, 6.07) is 3.56. The molecule has 0 bridgehead atoms. The van der Waals surface area contributed by atoms with E-state index >= 15 is 0 Å². The van der Waals surface area contributed by atoms with Crippen LogP contribution in [0.15, 0.2) is 33.6 Å². The van der Waals surface area contributed by atoms with Crippen molar-refractivity contribution in [2.45, 2.75) is 18.8 Å². The summed E-state index contributed by atoms with van der Waals surface area (Å²) < 4.78 is 37.3. The average Bonchev–Trinajstić information content (AvgIpc) is 3.17. The van der Waals surface area contributed by atoms with Gasteiger partial charge in [-0.25, -0.2) is 13.8 Å². The molecule has 1 saturated heterocycles. The molecular formula is C14H12F2N4O2. The van der Waals surface area contributed by atoms with Crippen molar-refractivity contribution in [2.75, 3.05) is 18.0 Å². The highest BCUT2D eigenvalue weighted by atomic mass is 19.3. The van der Waals surface area contributed by atoms with Crippen molar-refractivity contribution >= 4 is 16.8 Å². The molecule has 0 unspecified atom stereocenters. The van der Waals surface area contributed by atoms with Gasteiger partial charge in [-0.3, -0.25) is 0 Å². The lowest BCUT2D eigenvalue weighted by atomic mass is 10.1. The van der Waals surface area contributed by atoms with E-state index in [9.17, 15) is 8.78 Å². The molecule has 0 saturated carbocycles. The Labute approximate surface area is 123 Å². The molecule has 1 aliphatic heterocycles. The first-order valence-corrected chi connectivity index (χ1v) is 6.90. The van der Waals surface area contributed by atoms with Crippen molar-refractivity contribution in [1.29, 1.82) is 0 Å². The van der Waals surface area contributed by atoms with Crippen molar-refractivity contribution in [3.8, 4) is 11.6 Å². The summed E-state index contributed by atoms with van der Waals surface area (Å²) in [5.41, 5.74) is 1.08. The predicted octanol–water partition coefficient (Wildman–Crippen LogP) is 3.11. The largest absolute Gasteiger partial charge is 0.460 e. The summed E-state index contributed by atoms with van der Waals surface area (Å²) in [4.78, 5) is 6.29. The molecule has 3 aromatic heterocycles. The molecule has 0 amide bonds. The molecule has 0 aliphatic carbocycles. The van der Waals surface area contributed by atoms with Crippen molar-refractivity contribution in [3.05, 3.63) is 24.8 Å². The Morgan fingerprint density at radius 3 is 2.73 bits per heavy atom. The lowest BCUT2D eigenvalue weighted by Crippen LogP contribution is -2.39. The highest BCUT2D eigenvalue weighted by Gasteiger charge is 2.35. The van der Waals surface area contributed by atoms with Crippen LogP contribution >= 0.6 is 0 Å². The van der Waals surface area contributed by atoms with Gasteiger partial charge in [-0.15, -0.1) is 10.2 Å². The number of halogens is 2. The van der Waals surface area contributed by atoms with Gasteiger partial charge in [-0.05, 0) is 12.1 Å². The Balaban J connectivity index is 1.78. The van der Waals surface area contributed by atoms with Gasteiger partial charge < -0.3 is 13.7 Å². The van der Waals surface area contributed by atoms with Crippen LogP contribution < -0.4 is 4.90 Å². The topological polar surface area (TPSA) is 68.2 Å². The number of anilines is 1. The number of alkyl halides is 2. The molecule has 0 atom stereocenters. The second kappa shape index (κ2) is 4.75. The number of hydrogen-bond acceptors (Lipinski definition) is 6. The van der Waals surface area contributed by atoms with Gasteiger partial charge in [-0.1, -0.05) is 0 Å². The van der Waals surface area contributed by atoms with Gasteiger partial charge in [0.05, 0.1) is 6.26 Å². The highest BCUT2D eigenvalue weighted by Crippen LogP contribution is 2.34. The predicted molar refractivity (Wildman–Crippen MR) is 73.7 cm³/mol. The molecule has 0 spiro atoms. The van der Waals surface area contributed by atoms with Crippen molar-refractivity contribution in [2.24, 2.45) is 0 Å². The summed E-state index contributed by atoms with van der Waals surface area (Å²) in [5.74, 6) is -1.79. The van der Waals surface area contributed by atoms with Gasteiger partial charge in [0.25, 0.3) is 11.8 Å². The molecule has 3 aromatic rings. The molecule has 1 fully saturated rings. The molecule has 0 aromatic carbocycles. The third-order valence-corrected chi connectivity index (χ3v) is 3.79. The minimum atomic E-state index is -2.61. The van der Waals surface area contributed by atoms with E-state index in [1.807, 2.05) is 4.90 Å². The van der Waals surface area contributed by atoms with E-state index < -0.39 is 5.92 Å². The average molecular weight is 306 g/mol. The Bertz CT molecular complexity index is 790. The molecule has 22 heavy (non-hydrogen) atoms. The van der Waals surface area contributed by atoms with Crippen LogP contribution in [0, 0.1) is 0 Å². The normalized spacial score (nSPS) is 18.0. The molecule has 4 heterocycles. The number of hydrogen-bond donors (Lipinski definition) is 0. The van der Waals surface area contributed by atoms with Crippen molar-refractivity contribution < 1.29 is 17.6 Å². The lowest BCUT2D eigenvalue weighted by molar-refractivity contribution is -0.0221. The van der Waals surface area contributed by atoms with Gasteiger partial charge in [-0.2, -0.15) is 0 Å². The number of furan rings is 1. The van der Waals surface area contributed by atoms with E-state index in [2.05, 4.69) is 15.2 Å². The van der Waals surface area contributed by atoms with Crippen LogP contribution in [0.2, 0.25) is 0 Å². The molecule has 0 N–H and O–H groups in total. The number of rotatable bonds is 2. The number of nitrogens with zero attached hydrogens (tertiary/aromatic N) is 4. The summed E-state index contributed by atoms with van der Waals surface area (Å²) in [5, 5.41) is 8.29. The van der Waals surface area contributed by atoms with Crippen LogP contribution in [0.4, 0.5) is 14.6 Å². The summed E-state index contributed by atoms with van der Waals surface area (Å²) in [7, 11) is 0. The van der Waals surface area contributed by atoms with E-state index in [-0.39, 0.29) is 31.8 Å². The molecule has 4 rings (SSSR count). The second-order valence-corrected chi connectivity index (χ2v) is 5.26. The quantitative estimate of drug-likeness (QED) is 0.724. The first-order valence-electron chi connectivity index (χ1n) is 6.90. The van der Waals surface area contributed by atoms with Gasteiger partial charge >= 0.3 is 0 Å². The maximum atomic E-state index is 13.3. The van der Waals surface area contributed by atoms with Crippen LogP contribution in [0.25, 0.3) is 22.6 Å². The van der Waals surface area contributed by atoms with Gasteiger partial charge in [0.1, 0.15) is 5.69 Å². The zero-order valence-electron chi connectivity index (χ0n) is 11.5.